The smallest absolute Gasteiger partial charge is 0.323 e. The summed E-state index contributed by atoms with van der Waals surface area (Å²) in [7, 11) is 0. The Balaban J connectivity index is 1.08. The molecular weight excluding hydrogens is 501 g/mol. The Morgan fingerprint density at radius 2 is 1.97 bits per heavy atom. The van der Waals surface area contributed by atoms with Crippen LogP contribution >= 0.6 is 11.3 Å². The van der Waals surface area contributed by atoms with Crippen LogP contribution in [0.1, 0.15) is 23.3 Å². The summed E-state index contributed by atoms with van der Waals surface area (Å²) in [5.41, 5.74) is 2.11. The van der Waals surface area contributed by atoms with Crippen LogP contribution in [0.25, 0.3) is 11.0 Å². The summed E-state index contributed by atoms with van der Waals surface area (Å²) >= 11 is 0.916. The second-order valence-electron chi connectivity index (χ2n) is 9.14. The summed E-state index contributed by atoms with van der Waals surface area (Å²) in [6, 6.07) is 10.5. The highest BCUT2D eigenvalue weighted by Crippen LogP contribution is 2.27. The van der Waals surface area contributed by atoms with Crippen LogP contribution in [-0.4, -0.2) is 63.6 Å². The number of piperidine rings is 1. The normalized spacial score (nSPS) is 15.4. The number of aromatic nitrogens is 3. The molecule has 2 aromatic carbocycles. The Morgan fingerprint density at radius 1 is 1.16 bits per heavy atom. The fourth-order valence-electron chi connectivity index (χ4n) is 4.60. The Kier molecular flexibility index (Phi) is 7.31. The number of anilines is 1. The molecule has 12 heteroatoms. The number of rotatable bonds is 9. The first kappa shape index (κ1) is 25.1. The van der Waals surface area contributed by atoms with E-state index in [4.69, 9.17) is 4.74 Å². The number of aliphatic hydroxyl groups is 1. The summed E-state index contributed by atoms with van der Waals surface area (Å²) < 4.78 is 20.6. The molecule has 1 atom stereocenters. The van der Waals surface area contributed by atoms with E-state index in [1.807, 2.05) is 11.0 Å². The van der Waals surface area contributed by atoms with Crippen LogP contribution in [-0.2, 0) is 6.42 Å². The monoisotopic (exact) mass is 529 g/mol. The van der Waals surface area contributed by atoms with Crippen molar-refractivity contribution in [3.05, 3.63) is 72.8 Å². The molecule has 0 spiro atoms. The van der Waals surface area contributed by atoms with Gasteiger partial charge in [0.25, 0.3) is 0 Å². The first-order valence-electron chi connectivity index (χ1n) is 12.1. The molecule has 6 N–H and O–H groups in total. The zero-order valence-corrected chi connectivity index (χ0v) is 20.7. The van der Waals surface area contributed by atoms with E-state index >= 15 is 0 Å². The lowest BCUT2D eigenvalue weighted by atomic mass is 10.0. The van der Waals surface area contributed by atoms with Crippen molar-refractivity contribution in [2.75, 3.05) is 31.1 Å². The van der Waals surface area contributed by atoms with Gasteiger partial charge in [-0.3, -0.25) is 9.78 Å². The number of aromatic hydroxyl groups is 1. The number of imidazole rings is 1. The van der Waals surface area contributed by atoms with Gasteiger partial charge < -0.3 is 35.1 Å². The molecule has 4 aromatic rings. The standard InChI is InChI=1S/C25H28FN5O5S/c26-17-10-14(11-21-23(33)30-25(35)37-21)4-5-19(17)31-8-6-15(7-9-31)27-12-16(32)13-36-20-3-1-2-18-22(20)29-24(34)28-18/h1-5,10,15-16,27,32-33H,6-9,11-13H2,(H,30,35)(H2,28,29,34)/t16-/m0/s1. The van der Waals surface area contributed by atoms with Crippen LogP contribution in [0.2, 0.25) is 0 Å². The molecule has 0 unspecified atom stereocenters. The molecule has 5 rings (SSSR count). The summed E-state index contributed by atoms with van der Waals surface area (Å²) in [6.07, 6.45) is 1.14. The zero-order chi connectivity index (χ0) is 25.9. The molecule has 1 aliphatic heterocycles. The molecular formula is C25H28FN5O5S. The van der Waals surface area contributed by atoms with E-state index in [0.717, 1.165) is 24.2 Å². The molecule has 0 saturated carbocycles. The quantitative estimate of drug-likeness (QED) is 0.195. The first-order valence-corrected chi connectivity index (χ1v) is 12.9. The zero-order valence-electron chi connectivity index (χ0n) is 19.9. The molecule has 10 nitrogen and oxygen atoms in total. The Labute approximate surface area is 214 Å². The van der Waals surface area contributed by atoms with Crippen molar-refractivity contribution in [1.82, 2.24) is 20.3 Å². The number of hydrogen-bond acceptors (Lipinski definition) is 8. The van der Waals surface area contributed by atoms with Gasteiger partial charge in [0.1, 0.15) is 29.8 Å². The fourth-order valence-corrected chi connectivity index (χ4v) is 5.36. The molecule has 37 heavy (non-hydrogen) atoms. The number of para-hydroxylation sites is 1. The summed E-state index contributed by atoms with van der Waals surface area (Å²) in [4.78, 5) is 32.7. The second-order valence-corrected chi connectivity index (χ2v) is 10.2. The topological polar surface area (TPSA) is 146 Å². The van der Waals surface area contributed by atoms with Crippen molar-refractivity contribution in [2.45, 2.75) is 31.4 Å². The average molecular weight is 530 g/mol. The number of H-pyrrole nitrogens is 3. The Morgan fingerprint density at radius 3 is 2.70 bits per heavy atom. The first-order chi connectivity index (χ1) is 17.9. The highest BCUT2D eigenvalue weighted by atomic mass is 32.1. The molecule has 1 saturated heterocycles. The van der Waals surface area contributed by atoms with Gasteiger partial charge >= 0.3 is 10.6 Å². The van der Waals surface area contributed by atoms with Crippen molar-refractivity contribution in [2.24, 2.45) is 0 Å². The number of aromatic amines is 3. The van der Waals surface area contributed by atoms with Crippen LogP contribution in [0, 0.1) is 5.82 Å². The SMILES string of the molecule is O=c1[nH]c2cccc(OC[C@@H](O)CNC3CCN(c4ccc(Cc5sc(=O)[nH]c5O)cc4F)CC3)c2[nH]1. The molecule has 0 radical (unpaired) electrons. The van der Waals surface area contributed by atoms with Crippen LogP contribution in [0.15, 0.2) is 46.0 Å². The number of fused-ring (bicyclic) bond motifs is 1. The van der Waals surface area contributed by atoms with E-state index in [1.54, 1.807) is 24.3 Å². The maximum absolute atomic E-state index is 14.9. The lowest BCUT2D eigenvalue weighted by Crippen LogP contribution is -2.45. The molecule has 1 fully saturated rings. The van der Waals surface area contributed by atoms with Crippen molar-refractivity contribution >= 4 is 28.1 Å². The van der Waals surface area contributed by atoms with Gasteiger partial charge in [0.15, 0.2) is 0 Å². The van der Waals surface area contributed by atoms with Gasteiger partial charge in [-0.15, -0.1) is 0 Å². The van der Waals surface area contributed by atoms with Crippen molar-refractivity contribution in [3.63, 3.8) is 0 Å². The number of hydrogen-bond donors (Lipinski definition) is 6. The molecule has 2 aromatic heterocycles. The lowest BCUT2D eigenvalue weighted by molar-refractivity contribution is 0.103. The summed E-state index contributed by atoms with van der Waals surface area (Å²) in [5, 5.41) is 23.5. The molecule has 196 valence electrons. The summed E-state index contributed by atoms with van der Waals surface area (Å²) in [6.45, 7) is 1.77. The number of nitrogens with one attached hydrogen (secondary N) is 4. The number of nitrogens with zero attached hydrogens (tertiary/aromatic N) is 1. The minimum Gasteiger partial charge on any atom is -0.494 e. The van der Waals surface area contributed by atoms with E-state index < -0.39 is 6.10 Å². The molecule has 0 bridgehead atoms. The van der Waals surface area contributed by atoms with Gasteiger partial charge in [-0.25, -0.2) is 9.18 Å². The van der Waals surface area contributed by atoms with E-state index in [1.165, 1.54) is 6.07 Å². The molecule has 1 aliphatic rings. The summed E-state index contributed by atoms with van der Waals surface area (Å²) in [5.74, 6) is -0.00493. The van der Waals surface area contributed by atoms with Gasteiger partial charge in [0, 0.05) is 32.1 Å². The largest absolute Gasteiger partial charge is 0.494 e. The second kappa shape index (κ2) is 10.8. The van der Waals surface area contributed by atoms with Crippen LogP contribution < -0.4 is 25.5 Å². The van der Waals surface area contributed by atoms with Gasteiger partial charge in [-0.05, 0) is 42.7 Å². The van der Waals surface area contributed by atoms with Crippen LogP contribution in [0.3, 0.4) is 0 Å². The molecule has 0 aliphatic carbocycles. The lowest BCUT2D eigenvalue weighted by Gasteiger charge is -2.34. The van der Waals surface area contributed by atoms with Crippen LogP contribution in [0.4, 0.5) is 10.1 Å². The number of benzene rings is 2. The molecule has 3 heterocycles. The Bertz CT molecular complexity index is 1490. The van der Waals surface area contributed by atoms with E-state index in [-0.39, 0.29) is 41.3 Å². The maximum atomic E-state index is 14.9. The molecule has 0 amide bonds. The third kappa shape index (κ3) is 5.87. The Hall–Kier alpha value is -3.61. The van der Waals surface area contributed by atoms with E-state index in [9.17, 15) is 24.2 Å². The van der Waals surface area contributed by atoms with Gasteiger partial charge in [-0.1, -0.05) is 23.5 Å². The third-order valence-corrected chi connectivity index (χ3v) is 7.37. The van der Waals surface area contributed by atoms with E-state index in [2.05, 4.69) is 20.3 Å². The van der Waals surface area contributed by atoms with E-state index in [0.29, 0.717) is 52.5 Å². The van der Waals surface area contributed by atoms with Crippen molar-refractivity contribution in [1.29, 1.82) is 0 Å². The third-order valence-electron chi connectivity index (χ3n) is 6.50. The highest BCUT2D eigenvalue weighted by molar-refractivity contribution is 7.09. The predicted molar refractivity (Wildman–Crippen MR) is 139 cm³/mol. The van der Waals surface area contributed by atoms with Gasteiger partial charge in [0.05, 0.1) is 16.1 Å². The highest BCUT2D eigenvalue weighted by Gasteiger charge is 2.22. The minimum atomic E-state index is -0.734. The van der Waals surface area contributed by atoms with Gasteiger partial charge in [-0.2, -0.15) is 0 Å². The number of ether oxygens (including phenoxy) is 1. The predicted octanol–water partition coefficient (Wildman–Crippen LogP) is 2.04. The van der Waals surface area contributed by atoms with Crippen molar-refractivity contribution in [3.8, 4) is 11.6 Å². The van der Waals surface area contributed by atoms with Crippen LogP contribution in [0.5, 0.6) is 11.6 Å². The fraction of sp³-hybridized carbons (Fsp3) is 0.360. The van der Waals surface area contributed by atoms with Gasteiger partial charge in [0.2, 0.25) is 5.88 Å². The number of thiazole rings is 1. The number of aliphatic hydroxyl groups excluding tert-OH is 1. The minimum absolute atomic E-state index is 0.0765. The maximum Gasteiger partial charge on any atom is 0.323 e. The number of halogens is 1. The average Bonchev–Trinajstić information content (AvgIpc) is 3.41. The van der Waals surface area contributed by atoms with Crippen molar-refractivity contribution < 1.29 is 19.3 Å².